The average molecular weight is 525 g/mol. The number of carbonyl (C=O) groups is 3. The van der Waals surface area contributed by atoms with Gasteiger partial charge in [0.05, 0.1) is 6.42 Å². The van der Waals surface area contributed by atoms with Crippen LogP contribution in [0.5, 0.6) is 0 Å². The van der Waals surface area contributed by atoms with Crippen molar-refractivity contribution in [3.63, 3.8) is 0 Å². The lowest BCUT2D eigenvalue weighted by atomic mass is 9.94. The van der Waals surface area contributed by atoms with Gasteiger partial charge >= 0.3 is 5.97 Å². The van der Waals surface area contributed by atoms with E-state index in [1.165, 1.54) is 17.0 Å². The molecule has 2 N–H and O–H groups in total. The van der Waals surface area contributed by atoms with Gasteiger partial charge in [-0.25, -0.2) is 4.39 Å². The van der Waals surface area contributed by atoms with E-state index in [1.807, 2.05) is 31.2 Å². The van der Waals surface area contributed by atoms with Crippen molar-refractivity contribution in [3.8, 4) is 11.1 Å². The molecule has 2 amide bonds. The van der Waals surface area contributed by atoms with Gasteiger partial charge in [-0.15, -0.1) is 0 Å². The lowest BCUT2D eigenvalue weighted by Crippen LogP contribution is -2.33. The summed E-state index contributed by atoms with van der Waals surface area (Å²) < 4.78 is 13.4. The Labute approximate surface area is 226 Å². The summed E-state index contributed by atoms with van der Waals surface area (Å²) in [6.45, 7) is 2.43. The van der Waals surface area contributed by atoms with Gasteiger partial charge in [-0.1, -0.05) is 78.4 Å². The van der Waals surface area contributed by atoms with Gasteiger partial charge in [-0.05, 0) is 53.4 Å². The molecule has 4 rings (SSSR count). The lowest BCUT2D eigenvalue weighted by molar-refractivity contribution is -0.137. The first-order chi connectivity index (χ1) is 18.8. The van der Waals surface area contributed by atoms with E-state index in [1.54, 1.807) is 60.7 Å². The number of amides is 2. The zero-order chi connectivity index (χ0) is 27.8. The molecule has 0 aliphatic heterocycles. The van der Waals surface area contributed by atoms with Crippen LogP contribution in [0.3, 0.4) is 0 Å². The second kappa shape index (κ2) is 12.6. The highest BCUT2D eigenvalue weighted by molar-refractivity contribution is 6.06. The van der Waals surface area contributed by atoms with Gasteiger partial charge < -0.3 is 15.3 Å². The maximum Gasteiger partial charge on any atom is 0.305 e. The van der Waals surface area contributed by atoms with Gasteiger partial charge in [0.2, 0.25) is 0 Å². The molecule has 0 heterocycles. The zero-order valence-electron chi connectivity index (χ0n) is 21.6. The summed E-state index contributed by atoms with van der Waals surface area (Å²) in [5.41, 5.74) is 4.65. The summed E-state index contributed by atoms with van der Waals surface area (Å²) in [4.78, 5) is 39.8. The summed E-state index contributed by atoms with van der Waals surface area (Å²) >= 11 is 0. The molecule has 0 saturated carbocycles. The Hall–Kier alpha value is -4.78. The van der Waals surface area contributed by atoms with E-state index in [9.17, 15) is 23.9 Å². The Bertz CT molecular complexity index is 1480. The van der Waals surface area contributed by atoms with Crippen LogP contribution in [-0.4, -0.2) is 34.3 Å². The number of rotatable bonds is 10. The van der Waals surface area contributed by atoms with E-state index >= 15 is 0 Å². The van der Waals surface area contributed by atoms with Crippen LogP contribution in [0.15, 0.2) is 97.1 Å². The van der Waals surface area contributed by atoms with Crippen LogP contribution in [0.2, 0.25) is 0 Å². The van der Waals surface area contributed by atoms with Crippen LogP contribution in [0.4, 0.5) is 4.39 Å². The highest BCUT2D eigenvalue weighted by Crippen LogP contribution is 2.29. The number of benzene rings is 4. The van der Waals surface area contributed by atoms with Crippen molar-refractivity contribution in [3.05, 3.63) is 131 Å². The molecule has 6 nitrogen and oxygen atoms in total. The van der Waals surface area contributed by atoms with E-state index in [-0.39, 0.29) is 31.3 Å². The maximum absolute atomic E-state index is 13.8. The van der Waals surface area contributed by atoms with Crippen molar-refractivity contribution in [2.75, 3.05) is 6.54 Å². The molecule has 0 radical (unpaired) electrons. The van der Waals surface area contributed by atoms with Crippen LogP contribution < -0.4 is 5.32 Å². The topological polar surface area (TPSA) is 86.7 Å². The molecule has 0 aliphatic rings. The van der Waals surface area contributed by atoms with Crippen LogP contribution in [-0.2, 0) is 17.9 Å². The van der Waals surface area contributed by atoms with Crippen LogP contribution in [0, 0.1) is 12.7 Å². The second-order valence-corrected chi connectivity index (χ2v) is 9.26. The number of carboxylic acid groups (broad SMARTS) is 1. The Morgan fingerprint density at radius 3 is 2.10 bits per heavy atom. The van der Waals surface area contributed by atoms with Gasteiger partial charge in [0, 0.05) is 30.8 Å². The molecule has 0 aromatic heterocycles. The second-order valence-electron chi connectivity index (χ2n) is 9.26. The Kier molecular flexibility index (Phi) is 8.84. The first-order valence-corrected chi connectivity index (χ1v) is 12.6. The summed E-state index contributed by atoms with van der Waals surface area (Å²) in [5.74, 6) is -2.09. The van der Waals surface area contributed by atoms with Crippen LogP contribution >= 0.6 is 0 Å². The Morgan fingerprint density at radius 2 is 1.44 bits per heavy atom. The molecule has 7 heteroatoms. The lowest BCUT2D eigenvalue weighted by Gasteiger charge is -2.24. The summed E-state index contributed by atoms with van der Waals surface area (Å²) in [6.07, 6.45) is -0.243. The Morgan fingerprint density at radius 1 is 0.795 bits per heavy atom. The third-order valence-corrected chi connectivity index (χ3v) is 6.32. The van der Waals surface area contributed by atoms with Crippen LogP contribution in [0.25, 0.3) is 11.1 Å². The summed E-state index contributed by atoms with van der Waals surface area (Å²) in [5, 5.41) is 12.2. The van der Waals surface area contributed by atoms with Crippen molar-refractivity contribution < 1.29 is 23.9 Å². The molecule has 0 aliphatic carbocycles. The minimum atomic E-state index is -1.03. The van der Waals surface area contributed by atoms with Gasteiger partial charge in [-0.3, -0.25) is 14.4 Å². The minimum absolute atomic E-state index is 0.0293. The van der Waals surface area contributed by atoms with Crippen molar-refractivity contribution in [2.45, 2.75) is 26.4 Å². The van der Waals surface area contributed by atoms with Gasteiger partial charge in [-0.2, -0.15) is 0 Å². The molecular weight excluding hydrogens is 495 g/mol. The number of carbonyl (C=O) groups excluding carboxylic acids is 2. The molecule has 0 fully saturated rings. The molecule has 39 heavy (non-hydrogen) atoms. The number of carboxylic acids is 1. The number of nitrogens with one attached hydrogen (secondary N) is 1. The molecule has 0 spiro atoms. The molecule has 0 atom stereocenters. The monoisotopic (exact) mass is 524 g/mol. The number of hydrogen-bond donors (Lipinski definition) is 2. The number of nitrogens with zero attached hydrogens (tertiary/aromatic N) is 1. The van der Waals surface area contributed by atoms with E-state index in [4.69, 9.17) is 0 Å². The highest BCUT2D eigenvalue weighted by atomic mass is 19.1. The first-order valence-electron chi connectivity index (χ1n) is 12.6. The van der Waals surface area contributed by atoms with E-state index in [0.717, 1.165) is 11.1 Å². The van der Waals surface area contributed by atoms with Crippen molar-refractivity contribution in [2.24, 2.45) is 0 Å². The molecule has 0 saturated heterocycles. The summed E-state index contributed by atoms with van der Waals surface area (Å²) in [7, 11) is 0. The third kappa shape index (κ3) is 7.17. The van der Waals surface area contributed by atoms with E-state index in [0.29, 0.717) is 34.4 Å². The van der Waals surface area contributed by atoms with Gasteiger partial charge in [0.15, 0.2) is 0 Å². The standard InChI is InChI=1S/C32H29FN2O4/c1-22-7-6-8-24(19-22)20-34-31(38)28-11-4-2-9-26(28)27-10-3-5-12-29(27)32(39)35(18-17-30(36)37)21-23-13-15-25(33)16-14-23/h2-16,19H,17-18,20-21H2,1H3,(H,34,38)(H,36,37). The van der Waals surface area contributed by atoms with Crippen LogP contribution in [0.1, 0.15) is 43.8 Å². The van der Waals surface area contributed by atoms with Crippen molar-refractivity contribution in [1.82, 2.24) is 10.2 Å². The highest BCUT2D eigenvalue weighted by Gasteiger charge is 2.23. The number of aliphatic carboxylic acids is 1. The summed E-state index contributed by atoms with van der Waals surface area (Å²) in [6, 6.07) is 27.6. The normalized spacial score (nSPS) is 10.6. The average Bonchev–Trinajstić information content (AvgIpc) is 2.94. The number of halogens is 1. The van der Waals surface area contributed by atoms with E-state index in [2.05, 4.69) is 5.32 Å². The Balaban J connectivity index is 1.64. The molecule has 198 valence electrons. The molecule has 0 bridgehead atoms. The molecule has 0 unspecified atom stereocenters. The van der Waals surface area contributed by atoms with Crippen molar-refractivity contribution in [1.29, 1.82) is 0 Å². The molecule has 4 aromatic carbocycles. The fourth-order valence-electron chi connectivity index (χ4n) is 4.38. The smallest absolute Gasteiger partial charge is 0.305 e. The first kappa shape index (κ1) is 27.3. The number of hydrogen-bond acceptors (Lipinski definition) is 3. The largest absolute Gasteiger partial charge is 0.481 e. The zero-order valence-corrected chi connectivity index (χ0v) is 21.6. The predicted octanol–water partition coefficient (Wildman–Crippen LogP) is 5.85. The third-order valence-electron chi connectivity index (χ3n) is 6.32. The molecular formula is C32H29FN2O4. The fraction of sp³-hybridized carbons (Fsp3) is 0.156. The maximum atomic E-state index is 13.8. The van der Waals surface area contributed by atoms with Gasteiger partial charge in [0.1, 0.15) is 5.82 Å². The molecule has 4 aromatic rings. The van der Waals surface area contributed by atoms with E-state index < -0.39 is 11.8 Å². The number of aryl methyl sites for hydroxylation is 1. The SMILES string of the molecule is Cc1cccc(CNC(=O)c2ccccc2-c2ccccc2C(=O)N(CCC(=O)O)Cc2ccc(F)cc2)c1. The fourth-order valence-corrected chi connectivity index (χ4v) is 4.38. The quantitative estimate of drug-likeness (QED) is 0.273. The van der Waals surface area contributed by atoms with Crippen molar-refractivity contribution >= 4 is 17.8 Å². The van der Waals surface area contributed by atoms with Gasteiger partial charge in [0.25, 0.3) is 11.8 Å². The predicted molar refractivity (Wildman–Crippen MR) is 148 cm³/mol. The minimum Gasteiger partial charge on any atom is -0.481 e.